The second-order valence-electron chi connectivity index (χ2n) is 5.18. The van der Waals surface area contributed by atoms with Crippen LogP contribution in [0.15, 0.2) is 18.3 Å². The molecule has 0 aromatic carbocycles. The minimum absolute atomic E-state index is 0.154. The molecule has 1 aliphatic rings. The Kier molecular flexibility index (Phi) is 5.14. The quantitative estimate of drug-likeness (QED) is 0.887. The first-order chi connectivity index (χ1) is 9.97. The number of anilines is 1. The van der Waals surface area contributed by atoms with E-state index in [1.807, 2.05) is 11.8 Å². The number of carbonyl (C=O) groups excluding carboxylic acids is 1. The fraction of sp³-hybridized carbons (Fsp3) is 0.500. The van der Waals surface area contributed by atoms with Gasteiger partial charge in [0.1, 0.15) is 5.82 Å². The molecule has 1 aromatic rings. The van der Waals surface area contributed by atoms with E-state index in [1.165, 1.54) is 6.20 Å². The summed E-state index contributed by atoms with van der Waals surface area (Å²) < 4.78 is 0. The minimum Gasteiger partial charge on any atom is -0.481 e. The summed E-state index contributed by atoms with van der Waals surface area (Å²) in [7, 11) is 0. The molecule has 1 fully saturated rings. The summed E-state index contributed by atoms with van der Waals surface area (Å²) >= 11 is 5.74. The number of carboxylic acid groups (broad SMARTS) is 1. The van der Waals surface area contributed by atoms with Crippen molar-refractivity contribution in [2.24, 2.45) is 5.92 Å². The Hall–Kier alpha value is -1.66. The van der Waals surface area contributed by atoms with Crippen molar-refractivity contribution in [3.8, 4) is 0 Å². The van der Waals surface area contributed by atoms with Gasteiger partial charge in [0.25, 0.3) is 0 Å². The SMILES string of the molecule is CC(C(=O)Nc1ccc(Cl)cn1)N1CCC(C(=O)O)CC1. The Morgan fingerprint density at radius 2 is 2.10 bits per heavy atom. The van der Waals surface area contributed by atoms with Gasteiger partial charge in [-0.2, -0.15) is 0 Å². The van der Waals surface area contributed by atoms with Crippen molar-refractivity contribution in [1.82, 2.24) is 9.88 Å². The van der Waals surface area contributed by atoms with Gasteiger partial charge in [-0.15, -0.1) is 0 Å². The van der Waals surface area contributed by atoms with Gasteiger partial charge in [-0.25, -0.2) is 4.98 Å². The Bertz CT molecular complexity index is 513. The molecule has 0 spiro atoms. The molecule has 1 aromatic heterocycles. The first-order valence-electron chi connectivity index (χ1n) is 6.86. The number of halogens is 1. The molecule has 7 heteroatoms. The zero-order valence-electron chi connectivity index (χ0n) is 11.8. The number of nitrogens with one attached hydrogen (secondary N) is 1. The van der Waals surface area contributed by atoms with E-state index in [2.05, 4.69) is 10.3 Å². The fourth-order valence-electron chi connectivity index (χ4n) is 2.38. The van der Waals surface area contributed by atoms with Gasteiger partial charge in [-0.3, -0.25) is 14.5 Å². The molecule has 0 aliphatic carbocycles. The molecule has 1 unspecified atom stereocenters. The van der Waals surface area contributed by atoms with Crippen LogP contribution in [-0.2, 0) is 9.59 Å². The highest BCUT2D eigenvalue weighted by Gasteiger charge is 2.29. The van der Waals surface area contributed by atoms with Crippen LogP contribution in [0, 0.1) is 5.92 Å². The normalized spacial score (nSPS) is 18.2. The highest BCUT2D eigenvalue weighted by Crippen LogP contribution is 2.19. The maximum atomic E-state index is 12.2. The Labute approximate surface area is 128 Å². The van der Waals surface area contributed by atoms with Crippen molar-refractivity contribution < 1.29 is 14.7 Å². The molecule has 2 rings (SSSR count). The van der Waals surface area contributed by atoms with E-state index in [4.69, 9.17) is 16.7 Å². The molecule has 1 saturated heterocycles. The van der Waals surface area contributed by atoms with Crippen LogP contribution in [0.5, 0.6) is 0 Å². The molecule has 1 amide bonds. The first-order valence-corrected chi connectivity index (χ1v) is 7.24. The van der Waals surface area contributed by atoms with Crippen LogP contribution in [0.2, 0.25) is 5.02 Å². The topological polar surface area (TPSA) is 82.5 Å². The van der Waals surface area contributed by atoms with Crippen LogP contribution < -0.4 is 5.32 Å². The molecular formula is C14H18ClN3O3. The van der Waals surface area contributed by atoms with Gasteiger partial charge in [0.2, 0.25) is 5.91 Å². The van der Waals surface area contributed by atoms with Crippen molar-refractivity contribution in [2.45, 2.75) is 25.8 Å². The third-order valence-electron chi connectivity index (χ3n) is 3.78. The molecule has 0 saturated carbocycles. The van der Waals surface area contributed by atoms with Gasteiger partial charge in [-0.05, 0) is 45.0 Å². The number of amides is 1. The smallest absolute Gasteiger partial charge is 0.306 e. The number of carboxylic acids is 1. The number of hydrogen-bond donors (Lipinski definition) is 2. The average molecular weight is 312 g/mol. The molecular weight excluding hydrogens is 294 g/mol. The van der Waals surface area contributed by atoms with Crippen LogP contribution in [-0.4, -0.2) is 46.0 Å². The summed E-state index contributed by atoms with van der Waals surface area (Å²) in [6, 6.07) is 2.98. The van der Waals surface area contributed by atoms with Gasteiger partial charge in [0.15, 0.2) is 0 Å². The number of aliphatic carboxylic acids is 1. The summed E-state index contributed by atoms with van der Waals surface area (Å²) in [5.41, 5.74) is 0. The summed E-state index contributed by atoms with van der Waals surface area (Å²) in [4.78, 5) is 29.1. The molecule has 1 aliphatic heterocycles. The third kappa shape index (κ3) is 4.15. The van der Waals surface area contributed by atoms with E-state index in [-0.39, 0.29) is 17.9 Å². The van der Waals surface area contributed by atoms with Crippen molar-refractivity contribution in [1.29, 1.82) is 0 Å². The van der Waals surface area contributed by atoms with Crippen LogP contribution in [0.3, 0.4) is 0 Å². The summed E-state index contributed by atoms with van der Waals surface area (Å²) in [6.45, 7) is 3.03. The van der Waals surface area contributed by atoms with Crippen LogP contribution in [0.4, 0.5) is 5.82 Å². The zero-order chi connectivity index (χ0) is 15.4. The highest BCUT2D eigenvalue weighted by molar-refractivity contribution is 6.30. The maximum absolute atomic E-state index is 12.2. The predicted molar refractivity (Wildman–Crippen MR) is 79.3 cm³/mol. The van der Waals surface area contributed by atoms with Crippen LogP contribution in [0.25, 0.3) is 0 Å². The van der Waals surface area contributed by atoms with Crippen molar-refractivity contribution in [3.05, 3.63) is 23.4 Å². The largest absolute Gasteiger partial charge is 0.481 e. The number of likely N-dealkylation sites (tertiary alicyclic amines) is 1. The molecule has 1 atom stereocenters. The first kappa shape index (κ1) is 15.7. The lowest BCUT2D eigenvalue weighted by molar-refractivity contribution is -0.143. The van der Waals surface area contributed by atoms with Gasteiger partial charge in [-0.1, -0.05) is 11.6 Å². The number of pyridine rings is 1. The van der Waals surface area contributed by atoms with Gasteiger partial charge in [0, 0.05) is 6.20 Å². The lowest BCUT2D eigenvalue weighted by atomic mass is 9.96. The highest BCUT2D eigenvalue weighted by atomic mass is 35.5. The zero-order valence-corrected chi connectivity index (χ0v) is 12.5. The lowest BCUT2D eigenvalue weighted by Gasteiger charge is -2.33. The number of rotatable bonds is 4. The number of carbonyl (C=O) groups is 2. The van der Waals surface area contributed by atoms with E-state index in [9.17, 15) is 9.59 Å². The second kappa shape index (κ2) is 6.87. The molecule has 21 heavy (non-hydrogen) atoms. The van der Waals surface area contributed by atoms with Gasteiger partial charge >= 0.3 is 5.97 Å². The molecule has 0 radical (unpaired) electrons. The second-order valence-corrected chi connectivity index (χ2v) is 5.61. The molecule has 114 valence electrons. The Balaban J connectivity index is 1.88. The summed E-state index contributed by atoms with van der Waals surface area (Å²) in [5, 5.41) is 12.2. The van der Waals surface area contributed by atoms with Crippen molar-refractivity contribution >= 4 is 29.3 Å². The Morgan fingerprint density at radius 1 is 1.43 bits per heavy atom. The van der Waals surface area contributed by atoms with E-state index in [0.29, 0.717) is 36.8 Å². The van der Waals surface area contributed by atoms with E-state index in [1.54, 1.807) is 12.1 Å². The van der Waals surface area contributed by atoms with Crippen molar-refractivity contribution in [2.75, 3.05) is 18.4 Å². The maximum Gasteiger partial charge on any atom is 0.306 e. The average Bonchev–Trinajstić information content (AvgIpc) is 2.49. The number of piperidine rings is 1. The van der Waals surface area contributed by atoms with E-state index < -0.39 is 5.97 Å². The van der Waals surface area contributed by atoms with E-state index in [0.717, 1.165) is 0 Å². The number of aromatic nitrogens is 1. The molecule has 6 nitrogen and oxygen atoms in total. The number of hydrogen-bond acceptors (Lipinski definition) is 4. The van der Waals surface area contributed by atoms with Crippen LogP contribution in [0.1, 0.15) is 19.8 Å². The lowest BCUT2D eigenvalue weighted by Crippen LogP contribution is -2.47. The van der Waals surface area contributed by atoms with Crippen LogP contribution >= 0.6 is 11.6 Å². The molecule has 0 bridgehead atoms. The monoisotopic (exact) mass is 311 g/mol. The Morgan fingerprint density at radius 3 is 2.62 bits per heavy atom. The molecule has 2 heterocycles. The predicted octanol–water partition coefficient (Wildman–Crippen LogP) is 1.86. The summed E-state index contributed by atoms with van der Waals surface area (Å²) in [5.74, 6) is -0.748. The minimum atomic E-state index is -0.753. The van der Waals surface area contributed by atoms with Gasteiger partial charge < -0.3 is 10.4 Å². The number of nitrogens with zero attached hydrogens (tertiary/aromatic N) is 2. The van der Waals surface area contributed by atoms with Crippen molar-refractivity contribution in [3.63, 3.8) is 0 Å². The molecule has 2 N–H and O–H groups in total. The van der Waals surface area contributed by atoms with E-state index >= 15 is 0 Å². The van der Waals surface area contributed by atoms with Gasteiger partial charge in [0.05, 0.1) is 17.0 Å². The summed E-state index contributed by atoms with van der Waals surface area (Å²) in [6.07, 6.45) is 2.62. The fourth-order valence-corrected chi connectivity index (χ4v) is 2.49. The standard InChI is InChI=1S/C14H18ClN3O3/c1-9(18-6-4-10(5-7-18)14(20)21)13(19)17-12-3-2-11(15)8-16-12/h2-3,8-10H,4-7H2,1H3,(H,20,21)(H,16,17,19). The third-order valence-corrected chi connectivity index (χ3v) is 4.01.